The largest absolute Gasteiger partial charge is 0.474 e. The number of nitro benzene ring substituents is 1. The van der Waals surface area contributed by atoms with E-state index in [9.17, 15) is 19.5 Å². The summed E-state index contributed by atoms with van der Waals surface area (Å²) < 4.78 is 27.4. The topological polar surface area (TPSA) is 105 Å². The minimum absolute atomic E-state index is 0.106. The molecule has 8 nitrogen and oxygen atoms in total. The number of ether oxygens (including phenoxy) is 1. The van der Waals surface area contributed by atoms with E-state index in [4.69, 9.17) is 13.8 Å². The van der Waals surface area contributed by atoms with Crippen molar-refractivity contribution < 1.29 is 28.1 Å². The molecule has 0 saturated carbocycles. The standard InChI is InChI=1S/C12H16NO7P/c1-3-19-21(17,20-4-2)9-18-12-6-5-10(8-14)7-11(12)13(15)16/h5-8H,3-4,9H2,1-2H3. The molecule has 21 heavy (non-hydrogen) atoms. The van der Waals surface area contributed by atoms with Gasteiger partial charge in [-0.1, -0.05) is 0 Å². The first-order valence-electron chi connectivity index (χ1n) is 6.20. The van der Waals surface area contributed by atoms with Gasteiger partial charge in [0.15, 0.2) is 12.1 Å². The number of aldehydes is 1. The number of nitro groups is 1. The molecule has 0 atom stereocenters. The molecule has 0 aromatic heterocycles. The number of nitrogens with zero attached hydrogens (tertiary/aromatic N) is 1. The van der Waals surface area contributed by atoms with Gasteiger partial charge in [-0.15, -0.1) is 0 Å². The number of hydrogen-bond donors (Lipinski definition) is 0. The molecule has 0 aliphatic heterocycles. The van der Waals surface area contributed by atoms with E-state index >= 15 is 0 Å². The third-order valence-electron chi connectivity index (χ3n) is 2.35. The SMILES string of the molecule is CCOP(=O)(COc1ccc(C=O)cc1[N+](=O)[O-])OCC. The summed E-state index contributed by atoms with van der Waals surface area (Å²) >= 11 is 0. The molecule has 1 rings (SSSR count). The van der Waals surface area contributed by atoms with Gasteiger partial charge in [0, 0.05) is 11.6 Å². The van der Waals surface area contributed by atoms with Crippen molar-refractivity contribution >= 4 is 19.6 Å². The smallest absolute Gasteiger partial charge is 0.367 e. The molecule has 0 N–H and O–H groups in total. The summed E-state index contributed by atoms with van der Waals surface area (Å²) in [5.41, 5.74) is -0.244. The van der Waals surface area contributed by atoms with Crippen LogP contribution in [-0.4, -0.2) is 30.8 Å². The molecule has 9 heteroatoms. The molecule has 0 unspecified atom stereocenters. The average Bonchev–Trinajstić information content (AvgIpc) is 2.45. The van der Waals surface area contributed by atoms with E-state index in [1.54, 1.807) is 13.8 Å². The average molecular weight is 317 g/mol. The van der Waals surface area contributed by atoms with E-state index < -0.39 is 18.9 Å². The predicted molar refractivity (Wildman–Crippen MR) is 74.8 cm³/mol. The van der Waals surface area contributed by atoms with Crippen molar-refractivity contribution in [1.82, 2.24) is 0 Å². The van der Waals surface area contributed by atoms with Crippen LogP contribution in [0, 0.1) is 10.1 Å². The Balaban J connectivity index is 2.94. The second-order valence-electron chi connectivity index (χ2n) is 3.82. The molecule has 0 saturated heterocycles. The van der Waals surface area contributed by atoms with Crippen LogP contribution < -0.4 is 4.74 Å². The monoisotopic (exact) mass is 317 g/mol. The van der Waals surface area contributed by atoms with E-state index in [2.05, 4.69) is 0 Å². The van der Waals surface area contributed by atoms with Gasteiger partial charge < -0.3 is 13.8 Å². The van der Waals surface area contributed by atoms with Crippen LogP contribution in [-0.2, 0) is 13.6 Å². The van der Waals surface area contributed by atoms with Crippen LogP contribution in [0.3, 0.4) is 0 Å². The first-order valence-corrected chi connectivity index (χ1v) is 7.93. The van der Waals surface area contributed by atoms with Crippen LogP contribution >= 0.6 is 7.60 Å². The second kappa shape index (κ2) is 7.87. The van der Waals surface area contributed by atoms with E-state index in [1.165, 1.54) is 12.1 Å². The second-order valence-corrected chi connectivity index (χ2v) is 5.82. The van der Waals surface area contributed by atoms with Crippen LogP contribution in [0.15, 0.2) is 18.2 Å². The summed E-state index contributed by atoms with van der Waals surface area (Å²) in [4.78, 5) is 20.9. The van der Waals surface area contributed by atoms with Crippen molar-refractivity contribution in [3.8, 4) is 5.75 Å². The number of carbonyl (C=O) groups excluding carboxylic acids is 1. The Bertz CT molecular complexity index is 551. The highest BCUT2D eigenvalue weighted by molar-refractivity contribution is 7.53. The van der Waals surface area contributed by atoms with Crippen LogP contribution in [0.2, 0.25) is 0 Å². The summed E-state index contributed by atoms with van der Waals surface area (Å²) in [7, 11) is -3.47. The summed E-state index contributed by atoms with van der Waals surface area (Å²) in [6.45, 7) is 3.61. The highest BCUT2D eigenvalue weighted by Crippen LogP contribution is 2.48. The molecular formula is C12H16NO7P. The van der Waals surface area contributed by atoms with Crippen molar-refractivity contribution in [2.75, 3.05) is 19.6 Å². The van der Waals surface area contributed by atoms with Crippen molar-refractivity contribution in [1.29, 1.82) is 0 Å². The van der Waals surface area contributed by atoms with Gasteiger partial charge in [-0.05, 0) is 26.0 Å². The highest BCUT2D eigenvalue weighted by Gasteiger charge is 2.26. The molecule has 1 aromatic carbocycles. The molecule has 1 aromatic rings. The Morgan fingerprint density at radius 3 is 2.38 bits per heavy atom. The van der Waals surface area contributed by atoms with E-state index in [0.717, 1.165) is 6.07 Å². The number of benzene rings is 1. The highest BCUT2D eigenvalue weighted by atomic mass is 31.2. The quantitative estimate of drug-likeness (QED) is 0.298. The lowest BCUT2D eigenvalue weighted by atomic mass is 10.2. The first kappa shape index (κ1) is 17.3. The van der Waals surface area contributed by atoms with Gasteiger partial charge >= 0.3 is 13.3 Å². The number of rotatable bonds is 9. The molecule has 0 aliphatic carbocycles. The normalized spacial score (nSPS) is 11.1. The maximum atomic E-state index is 12.2. The molecule has 0 fully saturated rings. The summed E-state index contributed by atoms with van der Waals surface area (Å²) in [6.07, 6.45) is 0.0397. The van der Waals surface area contributed by atoms with Crippen molar-refractivity contribution in [2.45, 2.75) is 13.8 Å². The minimum atomic E-state index is -3.47. The third-order valence-corrected chi connectivity index (χ3v) is 4.09. The van der Waals surface area contributed by atoms with Gasteiger partial charge in [-0.25, -0.2) is 0 Å². The summed E-state index contributed by atoms with van der Waals surface area (Å²) in [5, 5.41) is 10.9. The molecule has 116 valence electrons. The Morgan fingerprint density at radius 1 is 1.29 bits per heavy atom. The Kier molecular flexibility index (Phi) is 6.48. The van der Waals surface area contributed by atoms with E-state index in [-0.39, 0.29) is 30.2 Å². The van der Waals surface area contributed by atoms with Gasteiger partial charge in [0.05, 0.1) is 18.1 Å². The minimum Gasteiger partial charge on any atom is -0.474 e. The van der Waals surface area contributed by atoms with Gasteiger partial charge in [-0.2, -0.15) is 0 Å². The first-order chi connectivity index (χ1) is 9.95. The summed E-state index contributed by atoms with van der Waals surface area (Å²) in [5.74, 6) is -0.106. The Hall–Kier alpha value is -1.76. The third kappa shape index (κ3) is 4.93. The van der Waals surface area contributed by atoms with E-state index in [0.29, 0.717) is 6.29 Å². The van der Waals surface area contributed by atoms with Gasteiger partial charge in [0.25, 0.3) is 0 Å². The lowest BCUT2D eigenvalue weighted by molar-refractivity contribution is -0.385. The van der Waals surface area contributed by atoms with Gasteiger partial charge in [-0.3, -0.25) is 19.5 Å². The fourth-order valence-electron chi connectivity index (χ4n) is 1.53. The zero-order valence-corrected chi connectivity index (χ0v) is 12.6. The summed E-state index contributed by atoms with van der Waals surface area (Å²) in [6, 6.07) is 3.71. The lowest BCUT2D eigenvalue weighted by Crippen LogP contribution is -2.07. The Morgan fingerprint density at radius 2 is 1.90 bits per heavy atom. The van der Waals surface area contributed by atoms with Crippen LogP contribution in [0.5, 0.6) is 5.75 Å². The predicted octanol–water partition coefficient (Wildman–Crippen LogP) is 3.01. The molecule has 0 spiro atoms. The molecule has 0 amide bonds. The van der Waals surface area contributed by atoms with Gasteiger partial charge in [0.2, 0.25) is 0 Å². The van der Waals surface area contributed by atoms with Crippen LogP contribution in [0.25, 0.3) is 0 Å². The molecular weight excluding hydrogens is 301 g/mol. The van der Waals surface area contributed by atoms with Crippen molar-refractivity contribution in [3.05, 3.63) is 33.9 Å². The van der Waals surface area contributed by atoms with Crippen LogP contribution in [0.1, 0.15) is 24.2 Å². The zero-order valence-electron chi connectivity index (χ0n) is 11.7. The number of hydrogen-bond acceptors (Lipinski definition) is 7. The molecule has 0 radical (unpaired) electrons. The fourth-order valence-corrected chi connectivity index (χ4v) is 2.83. The molecule has 0 heterocycles. The van der Waals surface area contributed by atoms with Gasteiger partial charge in [0.1, 0.15) is 6.29 Å². The zero-order chi connectivity index (χ0) is 15.9. The van der Waals surface area contributed by atoms with Crippen molar-refractivity contribution in [3.63, 3.8) is 0 Å². The van der Waals surface area contributed by atoms with Crippen molar-refractivity contribution in [2.24, 2.45) is 0 Å². The maximum absolute atomic E-state index is 12.2. The lowest BCUT2D eigenvalue weighted by Gasteiger charge is -2.17. The number of carbonyl (C=O) groups is 1. The molecule has 0 bridgehead atoms. The maximum Gasteiger partial charge on any atom is 0.367 e. The van der Waals surface area contributed by atoms with Crippen LogP contribution in [0.4, 0.5) is 5.69 Å². The fraction of sp³-hybridized carbons (Fsp3) is 0.417. The van der Waals surface area contributed by atoms with E-state index in [1.807, 2.05) is 0 Å². The molecule has 0 aliphatic rings. The Labute approximate surface area is 121 Å².